The van der Waals surface area contributed by atoms with Gasteiger partial charge in [-0.2, -0.15) is 0 Å². The highest BCUT2D eigenvalue weighted by Crippen LogP contribution is 2.31. The van der Waals surface area contributed by atoms with E-state index in [0.29, 0.717) is 18.7 Å². The minimum atomic E-state index is 0.343. The van der Waals surface area contributed by atoms with E-state index in [9.17, 15) is 5.11 Å². The Bertz CT molecular complexity index is 257. The van der Waals surface area contributed by atoms with Crippen LogP contribution >= 0.6 is 0 Å². The summed E-state index contributed by atoms with van der Waals surface area (Å²) in [5.74, 6) is 1.65. The van der Waals surface area contributed by atoms with Crippen molar-refractivity contribution in [2.75, 3.05) is 26.2 Å². The average molecular weight is 268 g/mol. The lowest BCUT2D eigenvalue weighted by Gasteiger charge is -2.39. The molecule has 112 valence electrons. The molecule has 1 saturated heterocycles. The third-order valence-electron chi connectivity index (χ3n) is 5.08. The number of hydrogen-bond acceptors (Lipinski definition) is 3. The maximum Gasteiger partial charge on any atom is 0.0586 e. The number of nitrogens with one attached hydrogen (secondary N) is 1. The van der Waals surface area contributed by atoms with Crippen LogP contribution in [0.2, 0.25) is 0 Å². The van der Waals surface area contributed by atoms with Crippen LogP contribution in [0.3, 0.4) is 0 Å². The zero-order valence-corrected chi connectivity index (χ0v) is 12.8. The van der Waals surface area contributed by atoms with Crippen LogP contribution in [0.4, 0.5) is 0 Å². The lowest BCUT2D eigenvalue weighted by molar-refractivity contribution is 0.107. The van der Waals surface area contributed by atoms with E-state index in [1.54, 1.807) is 0 Å². The van der Waals surface area contributed by atoms with Gasteiger partial charge in [0.25, 0.3) is 0 Å². The maximum atomic E-state index is 9.47. The topological polar surface area (TPSA) is 35.5 Å². The van der Waals surface area contributed by atoms with Gasteiger partial charge in [0.1, 0.15) is 0 Å². The van der Waals surface area contributed by atoms with Gasteiger partial charge in [0.05, 0.1) is 6.61 Å². The standard InChI is InChI=1S/C16H32N2O/c1-3-8-17-16-7-6-13(2)10-14(16)11-18-9-4-5-15(18)12-19/h13-17,19H,3-12H2,1-2H3. The predicted octanol–water partition coefficient (Wildman–Crippen LogP) is 2.25. The van der Waals surface area contributed by atoms with Gasteiger partial charge >= 0.3 is 0 Å². The van der Waals surface area contributed by atoms with Crippen molar-refractivity contribution < 1.29 is 5.11 Å². The third kappa shape index (κ3) is 4.17. The second-order valence-electron chi connectivity index (χ2n) is 6.71. The van der Waals surface area contributed by atoms with Crippen LogP contribution in [0.15, 0.2) is 0 Å². The molecule has 0 bridgehead atoms. The Labute approximate surface area is 118 Å². The van der Waals surface area contributed by atoms with Gasteiger partial charge in [0.2, 0.25) is 0 Å². The van der Waals surface area contributed by atoms with Crippen molar-refractivity contribution in [3.63, 3.8) is 0 Å². The van der Waals surface area contributed by atoms with Crippen LogP contribution in [0.1, 0.15) is 52.4 Å². The van der Waals surface area contributed by atoms with Crippen LogP contribution in [0, 0.1) is 11.8 Å². The maximum absolute atomic E-state index is 9.47. The molecule has 4 unspecified atom stereocenters. The van der Waals surface area contributed by atoms with Crippen molar-refractivity contribution in [1.29, 1.82) is 0 Å². The number of likely N-dealkylation sites (tertiary alicyclic amines) is 1. The fourth-order valence-corrected chi connectivity index (χ4v) is 3.94. The highest BCUT2D eigenvalue weighted by atomic mass is 16.3. The summed E-state index contributed by atoms with van der Waals surface area (Å²) in [6, 6.07) is 1.14. The molecule has 2 aliphatic rings. The molecule has 0 aromatic heterocycles. The lowest BCUT2D eigenvalue weighted by atomic mass is 9.78. The van der Waals surface area contributed by atoms with Gasteiger partial charge < -0.3 is 10.4 Å². The Morgan fingerprint density at radius 3 is 2.84 bits per heavy atom. The van der Waals surface area contributed by atoms with E-state index in [0.717, 1.165) is 18.4 Å². The van der Waals surface area contributed by atoms with Crippen LogP contribution in [0.25, 0.3) is 0 Å². The molecule has 4 atom stereocenters. The van der Waals surface area contributed by atoms with Crippen molar-refractivity contribution >= 4 is 0 Å². The van der Waals surface area contributed by atoms with E-state index < -0.39 is 0 Å². The van der Waals surface area contributed by atoms with E-state index in [4.69, 9.17) is 0 Å². The SMILES string of the molecule is CCCNC1CCC(C)CC1CN1CCCC1CO. The summed E-state index contributed by atoms with van der Waals surface area (Å²) in [7, 11) is 0. The minimum Gasteiger partial charge on any atom is -0.395 e. The Kier molecular flexibility index (Phi) is 6.11. The highest BCUT2D eigenvalue weighted by molar-refractivity contribution is 4.88. The molecule has 1 saturated carbocycles. The molecule has 2 rings (SSSR count). The van der Waals surface area contributed by atoms with E-state index >= 15 is 0 Å². The molecule has 1 aliphatic carbocycles. The quantitative estimate of drug-likeness (QED) is 0.775. The Balaban J connectivity index is 1.89. The first kappa shape index (κ1) is 15.3. The summed E-state index contributed by atoms with van der Waals surface area (Å²) in [6.45, 7) is 8.52. The van der Waals surface area contributed by atoms with Gasteiger partial charge in [-0.05, 0) is 63.5 Å². The summed E-state index contributed by atoms with van der Waals surface area (Å²) in [4.78, 5) is 2.54. The second kappa shape index (κ2) is 7.61. The van der Waals surface area contributed by atoms with Gasteiger partial charge in [0, 0.05) is 18.6 Å². The van der Waals surface area contributed by atoms with Crippen LogP contribution in [0.5, 0.6) is 0 Å². The molecule has 0 aromatic rings. The number of rotatable bonds is 6. The number of hydrogen-bond donors (Lipinski definition) is 2. The van der Waals surface area contributed by atoms with Gasteiger partial charge in [-0.25, -0.2) is 0 Å². The summed E-state index contributed by atoms with van der Waals surface area (Å²) in [5.41, 5.74) is 0. The molecule has 3 heteroatoms. The van der Waals surface area contributed by atoms with Gasteiger partial charge in [-0.1, -0.05) is 13.8 Å². The first-order valence-electron chi connectivity index (χ1n) is 8.32. The Morgan fingerprint density at radius 1 is 1.26 bits per heavy atom. The van der Waals surface area contributed by atoms with Crippen molar-refractivity contribution in [2.24, 2.45) is 11.8 Å². The van der Waals surface area contributed by atoms with Crippen molar-refractivity contribution in [3.8, 4) is 0 Å². The molecule has 1 heterocycles. The van der Waals surface area contributed by atoms with Crippen molar-refractivity contribution in [3.05, 3.63) is 0 Å². The van der Waals surface area contributed by atoms with Crippen LogP contribution in [-0.4, -0.2) is 48.3 Å². The first-order chi connectivity index (χ1) is 9.24. The fraction of sp³-hybridized carbons (Fsp3) is 1.00. The lowest BCUT2D eigenvalue weighted by Crippen LogP contribution is -2.47. The minimum absolute atomic E-state index is 0.343. The predicted molar refractivity (Wildman–Crippen MR) is 80.3 cm³/mol. The number of aliphatic hydroxyl groups is 1. The summed E-state index contributed by atoms with van der Waals surface area (Å²) < 4.78 is 0. The number of aliphatic hydroxyl groups excluding tert-OH is 1. The summed E-state index contributed by atoms with van der Waals surface area (Å²) >= 11 is 0. The fourth-order valence-electron chi connectivity index (χ4n) is 3.94. The zero-order valence-electron chi connectivity index (χ0n) is 12.8. The third-order valence-corrected chi connectivity index (χ3v) is 5.08. The molecular formula is C16H32N2O. The molecule has 0 amide bonds. The molecule has 0 spiro atoms. The average Bonchev–Trinajstić information content (AvgIpc) is 2.85. The molecular weight excluding hydrogens is 236 g/mol. The van der Waals surface area contributed by atoms with Crippen LogP contribution < -0.4 is 5.32 Å². The molecule has 2 N–H and O–H groups in total. The van der Waals surface area contributed by atoms with Gasteiger partial charge in [-0.3, -0.25) is 4.90 Å². The first-order valence-corrected chi connectivity index (χ1v) is 8.32. The van der Waals surface area contributed by atoms with Crippen LogP contribution in [-0.2, 0) is 0 Å². The normalized spacial score (nSPS) is 36.8. The Hall–Kier alpha value is -0.120. The zero-order chi connectivity index (χ0) is 13.7. The molecule has 0 aromatic carbocycles. The van der Waals surface area contributed by atoms with Gasteiger partial charge in [-0.15, -0.1) is 0 Å². The van der Waals surface area contributed by atoms with E-state index in [2.05, 4.69) is 24.1 Å². The molecule has 19 heavy (non-hydrogen) atoms. The largest absolute Gasteiger partial charge is 0.395 e. The van der Waals surface area contributed by atoms with Crippen molar-refractivity contribution in [1.82, 2.24) is 10.2 Å². The number of nitrogens with zero attached hydrogens (tertiary/aromatic N) is 1. The van der Waals surface area contributed by atoms with Crippen molar-refractivity contribution in [2.45, 2.75) is 64.5 Å². The molecule has 0 radical (unpaired) electrons. The van der Waals surface area contributed by atoms with E-state index in [1.165, 1.54) is 51.6 Å². The Morgan fingerprint density at radius 2 is 2.11 bits per heavy atom. The second-order valence-corrected chi connectivity index (χ2v) is 6.71. The monoisotopic (exact) mass is 268 g/mol. The highest BCUT2D eigenvalue weighted by Gasteiger charge is 2.32. The van der Waals surface area contributed by atoms with E-state index in [1.807, 2.05) is 0 Å². The smallest absolute Gasteiger partial charge is 0.0586 e. The van der Waals surface area contributed by atoms with E-state index in [-0.39, 0.29) is 0 Å². The van der Waals surface area contributed by atoms with Gasteiger partial charge in [0.15, 0.2) is 0 Å². The molecule has 3 nitrogen and oxygen atoms in total. The molecule has 2 fully saturated rings. The summed E-state index contributed by atoms with van der Waals surface area (Å²) in [5, 5.41) is 13.2. The molecule has 1 aliphatic heterocycles. The summed E-state index contributed by atoms with van der Waals surface area (Å²) in [6.07, 6.45) is 7.74.